The maximum atomic E-state index is 2.39. The van der Waals surface area contributed by atoms with Crippen molar-refractivity contribution >= 4 is 65.2 Å². The highest BCUT2D eigenvalue weighted by molar-refractivity contribution is 6.11. The molecule has 0 fully saturated rings. The van der Waals surface area contributed by atoms with E-state index in [2.05, 4.69) is 228 Å². The molecular formula is C56H36N2. The number of aromatic nitrogens is 2. The monoisotopic (exact) mass is 736 g/mol. The van der Waals surface area contributed by atoms with Gasteiger partial charge in [0.25, 0.3) is 0 Å². The Morgan fingerprint density at radius 3 is 1.14 bits per heavy atom. The van der Waals surface area contributed by atoms with Gasteiger partial charge in [-0.2, -0.15) is 0 Å². The highest BCUT2D eigenvalue weighted by Gasteiger charge is 2.16. The Morgan fingerprint density at radius 1 is 0.224 bits per heavy atom. The molecule has 0 saturated heterocycles. The molecule has 0 amide bonds. The number of benzene rings is 10. The van der Waals surface area contributed by atoms with Crippen molar-refractivity contribution in [2.24, 2.45) is 0 Å². The van der Waals surface area contributed by atoms with E-state index in [1.54, 1.807) is 0 Å². The molecule has 12 rings (SSSR count). The Hall–Kier alpha value is -7.68. The maximum Gasteiger partial charge on any atom is 0.0541 e. The second-order valence-electron chi connectivity index (χ2n) is 15.3. The van der Waals surface area contributed by atoms with Crippen LogP contribution in [0.15, 0.2) is 218 Å². The van der Waals surface area contributed by atoms with Crippen LogP contribution in [0.25, 0.3) is 110 Å². The van der Waals surface area contributed by atoms with Gasteiger partial charge in [0.05, 0.1) is 22.1 Å². The number of para-hydroxylation sites is 4. The van der Waals surface area contributed by atoms with E-state index in [0.29, 0.717) is 0 Å². The molecule has 270 valence electrons. The number of fused-ring (bicyclic) bond motifs is 9. The number of rotatable bonds is 5. The van der Waals surface area contributed by atoms with Gasteiger partial charge in [0, 0.05) is 32.9 Å². The number of hydrogen-bond donors (Lipinski definition) is 0. The molecule has 0 bridgehead atoms. The van der Waals surface area contributed by atoms with E-state index < -0.39 is 0 Å². The molecule has 58 heavy (non-hydrogen) atoms. The Balaban J connectivity index is 1.00. The first-order chi connectivity index (χ1) is 28.8. The van der Waals surface area contributed by atoms with Crippen molar-refractivity contribution in [3.05, 3.63) is 218 Å². The first-order valence-electron chi connectivity index (χ1n) is 20.0. The highest BCUT2D eigenvalue weighted by Crippen LogP contribution is 2.40. The van der Waals surface area contributed by atoms with Gasteiger partial charge in [-0.3, -0.25) is 0 Å². The second kappa shape index (κ2) is 12.9. The van der Waals surface area contributed by atoms with Crippen LogP contribution in [0.1, 0.15) is 0 Å². The number of hydrogen-bond acceptors (Lipinski definition) is 0. The van der Waals surface area contributed by atoms with E-state index >= 15 is 0 Å². The van der Waals surface area contributed by atoms with E-state index in [0.717, 1.165) is 11.4 Å². The minimum Gasteiger partial charge on any atom is -0.309 e. The summed E-state index contributed by atoms with van der Waals surface area (Å²) < 4.78 is 4.77. The average Bonchev–Trinajstić information content (AvgIpc) is 3.82. The van der Waals surface area contributed by atoms with E-state index in [-0.39, 0.29) is 0 Å². The van der Waals surface area contributed by atoms with E-state index in [4.69, 9.17) is 0 Å². The predicted molar refractivity (Wildman–Crippen MR) is 246 cm³/mol. The zero-order valence-corrected chi connectivity index (χ0v) is 31.7. The molecule has 2 aromatic heterocycles. The fraction of sp³-hybridized carbons (Fsp3) is 0. The molecule has 0 atom stereocenters. The van der Waals surface area contributed by atoms with Gasteiger partial charge in [-0.25, -0.2) is 0 Å². The van der Waals surface area contributed by atoms with Gasteiger partial charge in [0.1, 0.15) is 0 Å². The zero-order valence-electron chi connectivity index (χ0n) is 31.7. The summed E-state index contributed by atoms with van der Waals surface area (Å²) in [5.41, 5.74) is 14.3. The smallest absolute Gasteiger partial charge is 0.0541 e. The predicted octanol–water partition coefficient (Wildman–Crippen LogP) is 15.2. The summed E-state index contributed by atoms with van der Waals surface area (Å²) in [5, 5.41) is 10.2. The summed E-state index contributed by atoms with van der Waals surface area (Å²) in [4.78, 5) is 0. The molecule has 0 saturated carbocycles. The Labute approximate surface area is 336 Å². The lowest BCUT2D eigenvalue weighted by Gasteiger charge is -2.16. The molecule has 0 unspecified atom stereocenters. The van der Waals surface area contributed by atoms with Crippen LogP contribution in [-0.2, 0) is 0 Å². The Morgan fingerprint density at radius 2 is 0.603 bits per heavy atom. The minimum absolute atomic E-state index is 1.15. The summed E-state index contributed by atoms with van der Waals surface area (Å²) >= 11 is 0. The summed E-state index contributed by atoms with van der Waals surface area (Å²) in [5.74, 6) is 0. The topological polar surface area (TPSA) is 9.86 Å². The lowest BCUT2D eigenvalue weighted by molar-refractivity contribution is 1.18. The van der Waals surface area contributed by atoms with E-state index in [1.165, 1.54) is 98.5 Å². The van der Waals surface area contributed by atoms with Crippen molar-refractivity contribution < 1.29 is 0 Å². The molecule has 12 aromatic rings. The molecule has 2 heterocycles. The fourth-order valence-electron chi connectivity index (χ4n) is 9.39. The lowest BCUT2D eigenvalue weighted by atomic mass is 9.90. The molecule has 0 spiro atoms. The fourth-order valence-corrected chi connectivity index (χ4v) is 9.39. The first-order valence-corrected chi connectivity index (χ1v) is 20.0. The van der Waals surface area contributed by atoms with Crippen LogP contribution in [0.2, 0.25) is 0 Å². The Kier molecular flexibility index (Phi) is 7.26. The summed E-state index contributed by atoms with van der Waals surface area (Å²) in [7, 11) is 0. The molecule has 0 aliphatic heterocycles. The zero-order chi connectivity index (χ0) is 38.2. The Bertz CT molecular complexity index is 3440. The quantitative estimate of drug-likeness (QED) is 0.156. The van der Waals surface area contributed by atoms with Crippen molar-refractivity contribution in [3.63, 3.8) is 0 Å². The average molecular weight is 737 g/mol. The van der Waals surface area contributed by atoms with Gasteiger partial charge in [-0.15, -0.1) is 0 Å². The molecule has 2 nitrogen and oxygen atoms in total. The van der Waals surface area contributed by atoms with Gasteiger partial charge in [-0.1, -0.05) is 158 Å². The number of nitrogens with zero attached hydrogens (tertiary/aromatic N) is 2. The molecular weight excluding hydrogens is 701 g/mol. The van der Waals surface area contributed by atoms with Crippen LogP contribution >= 0.6 is 0 Å². The maximum absolute atomic E-state index is 2.39. The van der Waals surface area contributed by atoms with Crippen molar-refractivity contribution in [1.29, 1.82) is 0 Å². The molecule has 10 aromatic carbocycles. The largest absolute Gasteiger partial charge is 0.309 e. The minimum atomic E-state index is 1.15. The summed E-state index contributed by atoms with van der Waals surface area (Å²) in [6.45, 7) is 0. The third kappa shape index (κ3) is 5.05. The van der Waals surface area contributed by atoms with Crippen LogP contribution in [0, 0.1) is 0 Å². The van der Waals surface area contributed by atoms with Crippen LogP contribution in [0.4, 0.5) is 0 Å². The van der Waals surface area contributed by atoms with Crippen LogP contribution in [0.5, 0.6) is 0 Å². The third-order valence-electron chi connectivity index (χ3n) is 12.1. The van der Waals surface area contributed by atoms with E-state index in [9.17, 15) is 0 Å². The van der Waals surface area contributed by atoms with Gasteiger partial charge in [-0.05, 0) is 116 Å². The first kappa shape index (κ1) is 32.6. The van der Waals surface area contributed by atoms with Crippen LogP contribution in [-0.4, -0.2) is 9.13 Å². The van der Waals surface area contributed by atoms with Crippen molar-refractivity contribution in [3.8, 4) is 44.8 Å². The highest BCUT2D eigenvalue weighted by atomic mass is 15.0. The van der Waals surface area contributed by atoms with Crippen LogP contribution in [0.3, 0.4) is 0 Å². The normalized spacial score (nSPS) is 11.8. The van der Waals surface area contributed by atoms with Crippen molar-refractivity contribution in [2.45, 2.75) is 0 Å². The second-order valence-corrected chi connectivity index (χ2v) is 15.3. The summed E-state index contributed by atoms with van der Waals surface area (Å²) in [6.07, 6.45) is 0. The van der Waals surface area contributed by atoms with Gasteiger partial charge < -0.3 is 9.13 Å². The summed E-state index contributed by atoms with van der Waals surface area (Å²) in [6, 6.07) is 80.1. The molecule has 0 aliphatic carbocycles. The van der Waals surface area contributed by atoms with Crippen molar-refractivity contribution in [2.75, 3.05) is 0 Å². The van der Waals surface area contributed by atoms with E-state index in [1.807, 2.05) is 0 Å². The van der Waals surface area contributed by atoms with Crippen molar-refractivity contribution in [1.82, 2.24) is 9.13 Å². The van der Waals surface area contributed by atoms with Gasteiger partial charge in [0.2, 0.25) is 0 Å². The molecule has 2 heteroatoms. The molecule has 0 N–H and O–H groups in total. The third-order valence-corrected chi connectivity index (χ3v) is 12.1. The lowest BCUT2D eigenvalue weighted by Crippen LogP contribution is -1.95. The van der Waals surface area contributed by atoms with Crippen LogP contribution < -0.4 is 0 Å². The SMILES string of the molecule is c1ccc2c(c1)ccc1cc(-c3ccc(-c4ccc(-n5c6ccccc6c6ccccc65)cc4)c(-c4ccc(-n5c6ccccc6c6ccccc65)cc4)c3)ccc12. The molecule has 0 aliphatic rings. The van der Waals surface area contributed by atoms with Gasteiger partial charge in [0.15, 0.2) is 0 Å². The van der Waals surface area contributed by atoms with Gasteiger partial charge >= 0.3 is 0 Å². The molecule has 0 radical (unpaired) electrons. The standard InChI is InChI=1S/C56H36N2/c1-2-12-45-37(11-1)21-22-42-35-40(27-34-47(42)45)41-28-33-46(38-23-29-43(30-24-38)57-53-17-7-3-13-48(53)49-14-4-8-18-54(49)57)52(36-41)39-25-31-44(32-26-39)58-55-19-9-5-15-50(55)51-16-6-10-20-56(51)58/h1-36H.